The minimum atomic E-state index is -4.36. The molecule has 260 valence electrons. The molecule has 51 heavy (non-hydrogen) atoms. The van der Waals surface area contributed by atoms with Gasteiger partial charge in [-0.25, -0.2) is 4.98 Å². The summed E-state index contributed by atoms with van der Waals surface area (Å²) in [5.41, 5.74) is 3.44. The second-order valence-corrected chi connectivity index (χ2v) is 12.5. The van der Waals surface area contributed by atoms with Crippen molar-refractivity contribution in [2.24, 2.45) is 13.0 Å². The molecule has 6 rings (SSSR count). The molecule has 0 aliphatic rings. The van der Waals surface area contributed by atoms with E-state index >= 15 is 0 Å². The second-order valence-electron chi connectivity index (χ2n) is 12.1. The predicted molar refractivity (Wildman–Crippen MR) is 190 cm³/mol. The van der Waals surface area contributed by atoms with Crippen LogP contribution in [0.3, 0.4) is 0 Å². The Balaban J connectivity index is 0.000000210. The standard InChI is InChI=1S/C25H22ClNO3.C15H12F3N3/c1-17(2)24(18-11-13-20(26)14-12-18)25(28)30-23(16-27)19-7-6-10-22(15-19)29-21-8-4-3-5-9-21;1-9-8-19-6-5-11(9)14-20-12-7-10(15(16,17)18)3-4-13(12)21(14)2/h3-15,17,23-24H,1-2H3;3-8H,1-2H3/t23-,24+;/m1./s1. The van der Waals surface area contributed by atoms with Crippen LogP contribution in [0.2, 0.25) is 5.02 Å². The maximum Gasteiger partial charge on any atom is 0.416 e. The van der Waals surface area contributed by atoms with Crippen molar-refractivity contribution in [3.05, 3.63) is 143 Å². The number of nitrogens with zero attached hydrogens (tertiary/aromatic N) is 4. The zero-order valence-corrected chi connectivity index (χ0v) is 29.0. The number of nitriles is 1. The maximum atomic E-state index is 13.0. The molecule has 6 aromatic rings. The molecule has 4 aromatic carbocycles. The molecule has 0 saturated carbocycles. The van der Waals surface area contributed by atoms with E-state index in [-0.39, 0.29) is 5.92 Å². The molecule has 0 bridgehead atoms. The highest BCUT2D eigenvalue weighted by Gasteiger charge is 2.31. The van der Waals surface area contributed by atoms with Crippen molar-refractivity contribution in [2.45, 2.75) is 39.0 Å². The summed E-state index contributed by atoms with van der Waals surface area (Å²) in [6.45, 7) is 5.77. The van der Waals surface area contributed by atoms with E-state index in [4.69, 9.17) is 21.1 Å². The average molecular weight is 711 g/mol. The molecular formula is C40H34ClF3N4O3. The van der Waals surface area contributed by atoms with Crippen LogP contribution in [0.15, 0.2) is 116 Å². The lowest BCUT2D eigenvalue weighted by molar-refractivity contribution is -0.150. The van der Waals surface area contributed by atoms with E-state index in [2.05, 4.69) is 16.0 Å². The number of carbonyl (C=O) groups is 1. The van der Waals surface area contributed by atoms with Crippen molar-refractivity contribution >= 4 is 28.6 Å². The Kier molecular flexibility index (Phi) is 11.4. The maximum absolute atomic E-state index is 13.0. The smallest absolute Gasteiger partial charge is 0.416 e. The minimum Gasteiger partial charge on any atom is -0.457 e. The van der Waals surface area contributed by atoms with Crippen LogP contribution in [-0.4, -0.2) is 20.5 Å². The van der Waals surface area contributed by atoms with Crippen LogP contribution in [0.1, 0.15) is 48.1 Å². The lowest BCUT2D eigenvalue weighted by Gasteiger charge is -2.22. The van der Waals surface area contributed by atoms with Crippen LogP contribution in [-0.2, 0) is 22.8 Å². The summed E-state index contributed by atoms with van der Waals surface area (Å²) in [7, 11) is 1.79. The Hall–Kier alpha value is -5.66. The number of para-hydroxylation sites is 1. The number of pyridine rings is 1. The number of carbonyl (C=O) groups excluding carboxylic acids is 1. The Morgan fingerprint density at radius 1 is 0.902 bits per heavy atom. The van der Waals surface area contributed by atoms with Crippen molar-refractivity contribution in [1.82, 2.24) is 14.5 Å². The van der Waals surface area contributed by atoms with Crippen LogP contribution in [0.5, 0.6) is 11.5 Å². The van der Waals surface area contributed by atoms with Crippen LogP contribution < -0.4 is 4.74 Å². The van der Waals surface area contributed by atoms with E-state index in [0.29, 0.717) is 38.9 Å². The van der Waals surface area contributed by atoms with Crippen molar-refractivity contribution in [3.8, 4) is 29.0 Å². The number of benzene rings is 4. The average Bonchev–Trinajstić information content (AvgIpc) is 3.44. The van der Waals surface area contributed by atoms with Crippen molar-refractivity contribution < 1.29 is 27.4 Å². The fourth-order valence-corrected chi connectivity index (χ4v) is 5.65. The fraction of sp³-hybridized carbons (Fsp3) is 0.200. The minimum absolute atomic E-state index is 0.00855. The molecule has 0 aliphatic heterocycles. The third-order valence-electron chi connectivity index (χ3n) is 8.11. The normalized spacial score (nSPS) is 12.4. The van der Waals surface area contributed by atoms with Gasteiger partial charge < -0.3 is 14.0 Å². The number of aromatic nitrogens is 3. The molecular weight excluding hydrogens is 677 g/mol. The highest BCUT2D eigenvalue weighted by atomic mass is 35.5. The fourth-order valence-electron chi connectivity index (χ4n) is 5.53. The molecule has 0 amide bonds. The third kappa shape index (κ3) is 8.93. The zero-order chi connectivity index (χ0) is 36.7. The number of esters is 1. The van der Waals surface area contributed by atoms with Gasteiger partial charge in [0.15, 0.2) is 0 Å². The first-order valence-corrected chi connectivity index (χ1v) is 16.4. The monoisotopic (exact) mass is 710 g/mol. The van der Waals surface area contributed by atoms with Gasteiger partial charge in [0.2, 0.25) is 6.10 Å². The van der Waals surface area contributed by atoms with Crippen LogP contribution in [0.4, 0.5) is 13.2 Å². The van der Waals surface area contributed by atoms with Crippen LogP contribution in [0, 0.1) is 24.2 Å². The number of rotatable bonds is 8. The number of imidazole rings is 1. The van der Waals surface area contributed by atoms with E-state index in [9.17, 15) is 23.2 Å². The lowest BCUT2D eigenvalue weighted by Crippen LogP contribution is -2.22. The number of aryl methyl sites for hydroxylation is 2. The van der Waals surface area contributed by atoms with E-state index in [1.54, 1.807) is 66.5 Å². The summed E-state index contributed by atoms with van der Waals surface area (Å²) in [5, 5.41) is 10.2. The molecule has 2 heterocycles. The Labute approximate surface area is 298 Å². The Morgan fingerprint density at radius 2 is 1.61 bits per heavy atom. The van der Waals surface area contributed by atoms with Crippen molar-refractivity contribution in [2.75, 3.05) is 0 Å². The van der Waals surface area contributed by atoms with Crippen LogP contribution in [0.25, 0.3) is 22.4 Å². The molecule has 7 nitrogen and oxygen atoms in total. The Morgan fingerprint density at radius 3 is 2.25 bits per heavy atom. The number of hydrogen-bond acceptors (Lipinski definition) is 6. The van der Waals surface area contributed by atoms with Gasteiger partial charge >= 0.3 is 12.1 Å². The highest BCUT2D eigenvalue weighted by Crippen LogP contribution is 2.34. The molecule has 0 spiro atoms. The summed E-state index contributed by atoms with van der Waals surface area (Å²) in [5.74, 6) is 0.918. The number of hydrogen-bond donors (Lipinski definition) is 0. The molecule has 2 atom stereocenters. The zero-order valence-electron chi connectivity index (χ0n) is 28.2. The Bertz CT molecular complexity index is 2160. The van der Waals surface area contributed by atoms with Gasteiger partial charge in [0.1, 0.15) is 23.4 Å². The quantitative estimate of drug-likeness (QED) is 0.146. The molecule has 0 fully saturated rings. The van der Waals surface area contributed by atoms with Gasteiger partial charge in [0.05, 0.1) is 22.5 Å². The summed E-state index contributed by atoms with van der Waals surface area (Å²) in [4.78, 5) is 21.3. The number of halogens is 4. The molecule has 0 saturated heterocycles. The van der Waals surface area contributed by atoms with Gasteiger partial charge in [-0.15, -0.1) is 0 Å². The van der Waals surface area contributed by atoms with Gasteiger partial charge in [-0.05, 0) is 84.6 Å². The highest BCUT2D eigenvalue weighted by molar-refractivity contribution is 6.30. The van der Waals surface area contributed by atoms with Gasteiger partial charge in [0, 0.05) is 35.6 Å². The van der Waals surface area contributed by atoms with E-state index < -0.39 is 29.7 Å². The molecule has 2 aromatic heterocycles. The summed E-state index contributed by atoms with van der Waals surface area (Å²) in [6.07, 6.45) is -2.05. The first-order chi connectivity index (χ1) is 24.3. The van der Waals surface area contributed by atoms with Crippen molar-refractivity contribution in [3.63, 3.8) is 0 Å². The van der Waals surface area contributed by atoms with Gasteiger partial charge in [0.25, 0.3) is 0 Å². The molecule has 11 heteroatoms. The topological polar surface area (TPSA) is 90.0 Å². The molecule has 0 radical (unpaired) electrons. The lowest BCUT2D eigenvalue weighted by atomic mass is 9.88. The largest absolute Gasteiger partial charge is 0.457 e. The number of fused-ring (bicyclic) bond motifs is 1. The second kappa shape index (κ2) is 15.9. The third-order valence-corrected chi connectivity index (χ3v) is 8.36. The molecule has 0 unspecified atom stereocenters. The first kappa shape index (κ1) is 36.6. The van der Waals surface area contributed by atoms with E-state index in [0.717, 1.165) is 28.8 Å². The summed E-state index contributed by atoms with van der Waals surface area (Å²) in [6, 6.07) is 30.9. The summed E-state index contributed by atoms with van der Waals surface area (Å²) >= 11 is 5.96. The van der Waals surface area contributed by atoms with Gasteiger partial charge in [-0.1, -0.05) is 67.9 Å². The predicted octanol–water partition coefficient (Wildman–Crippen LogP) is 10.6. The SMILES string of the molecule is CC(C)[C@H](C(=O)O[C@H](C#N)c1cccc(Oc2ccccc2)c1)c1ccc(Cl)cc1.Cc1cnccc1-c1nc2cc(C(F)(F)F)ccc2n1C. The van der Waals surface area contributed by atoms with E-state index in [1.165, 1.54) is 6.07 Å². The summed E-state index contributed by atoms with van der Waals surface area (Å²) < 4.78 is 51.5. The molecule has 0 N–H and O–H groups in total. The van der Waals surface area contributed by atoms with E-state index in [1.807, 2.05) is 63.2 Å². The van der Waals surface area contributed by atoms with Gasteiger partial charge in [-0.3, -0.25) is 9.78 Å². The first-order valence-electron chi connectivity index (χ1n) is 16.0. The number of ether oxygens (including phenoxy) is 2. The van der Waals surface area contributed by atoms with Crippen LogP contribution >= 0.6 is 11.6 Å². The van der Waals surface area contributed by atoms with Gasteiger partial charge in [-0.2, -0.15) is 18.4 Å². The number of alkyl halides is 3. The molecule has 0 aliphatic carbocycles. The van der Waals surface area contributed by atoms with Crippen molar-refractivity contribution in [1.29, 1.82) is 5.26 Å².